The van der Waals surface area contributed by atoms with Gasteiger partial charge >= 0.3 is 0 Å². The minimum Gasteiger partial charge on any atom is -0.490 e. The van der Waals surface area contributed by atoms with Gasteiger partial charge in [0.2, 0.25) is 0 Å². The lowest BCUT2D eigenvalue weighted by Gasteiger charge is -2.22. The third-order valence-corrected chi connectivity index (χ3v) is 3.93. The van der Waals surface area contributed by atoms with E-state index in [0.717, 1.165) is 18.7 Å². The van der Waals surface area contributed by atoms with Crippen molar-refractivity contribution in [3.05, 3.63) is 28.8 Å². The molecule has 0 aliphatic heterocycles. The van der Waals surface area contributed by atoms with E-state index in [2.05, 4.69) is 32.9 Å². The van der Waals surface area contributed by atoms with Crippen LogP contribution < -0.4 is 10.5 Å². The average Bonchev–Trinajstić information content (AvgIpc) is 2.72. The number of benzene rings is 1. The van der Waals surface area contributed by atoms with E-state index >= 15 is 0 Å². The fourth-order valence-corrected chi connectivity index (χ4v) is 2.71. The SMILES string of the molecule is Cc1cc(C)c(C)c(OC2CCCC2CN)c1. The minimum atomic E-state index is 0.319. The van der Waals surface area contributed by atoms with Crippen molar-refractivity contribution >= 4 is 0 Å². The molecule has 1 aliphatic rings. The third kappa shape index (κ3) is 2.63. The molecule has 2 heteroatoms. The van der Waals surface area contributed by atoms with Gasteiger partial charge in [0, 0.05) is 5.92 Å². The molecule has 1 saturated carbocycles. The van der Waals surface area contributed by atoms with Gasteiger partial charge in [-0.3, -0.25) is 0 Å². The molecule has 1 aromatic carbocycles. The molecule has 0 spiro atoms. The molecule has 2 unspecified atom stereocenters. The fraction of sp³-hybridized carbons (Fsp3) is 0.600. The largest absolute Gasteiger partial charge is 0.490 e. The topological polar surface area (TPSA) is 35.2 Å². The summed E-state index contributed by atoms with van der Waals surface area (Å²) in [7, 11) is 0. The van der Waals surface area contributed by atoms with Gasteiger partial charge in [-0.15, -0.1) is 0 Å². The smallest absolute Gasteiger partial charge is 0.123 e. The first-order valence-corrected chi connectivity index (χ1v) is 6.56. The van der Waals surface area contributed by atoms with Crippen LogP contribution in [-0.4, -0.2) is 12.6 Å². The molecule has 94 valence electrons. The van der Waals surface area contributed by atoms with E-state index in [0.29, 0.717) is 12.0 Å². The lowest BCUT2D eigenvalue weighted by atomic mass is 10.0. The lowest BCUT2D eigenvalue weighted by Crippen LogP contribution is -2.27. The molecular formula is C15H23NO. The zero-order valence-electron chi connectivity index (χ0n) is 11.1. The Kier molecular flexibility index (Phi) is 3.72. The van der Waals surface area contributed by atoms with Crippen LogP contribution in [0, 0.1) is 26.7 Å². The Balaban J connectivity index is 2.18. The number of nitrogens with two attached hydrogens (primary N) is 1. The quantitative estimate of drug-likeness (QED) is 0.870. The second kappa shape index (κ2) is 5.09. The van der Waals surface area contributed by atoms with Gasteiger partial charge in [0.05, 0.1) is 0 Å². The molecule has 0 bridgehead atoms. The second-order valence-corrected chi connectivity index (χ2v) is 5.29. The Bertz CT molecular complexity index is 400. The first-order chi connectivity index (χ1) is 8.11. The first-order valence-electron chi connectivity index (χ1n) is 6.56. The van der Waals surface area contributed by atoms with Crippen LogP contribution in [0.2, 0.25) is 0 Å². The number of aryl methyl sites for hydroxylation is 2. The molecule has 0 amide bonds. The Labute approximate surface area is 104 Å². The average molecular weight is 233 g/mol. The Morgan fingerprint density at radius 3 is 2.71 bits per heavy atom. The van der Waals surface area contributed by atoms with Crippen molar-refractivity contribution in [2.24, 2.45) is 11.7 Å². The zero-order chi connectivity index (χ0) is 12.4. The summed E-state index contributed by atoms with van der Waals surface area (Å²) in [5.41, 5.74) is 9.63. The van der Waals surface area contributed by atoms with Crippen LogP contribution in [0.1, 0.15) is 36.0 Å². The summed E-state index contributed by atoms with van der Waals surface area (Å²) in [6, 6.07) is 4.35. The van der Waals surface area contributed by atoms with E-state index in [-0.39, 0.29) is 0 Å². The summed E-state index contributed by atoms with van der Waals surface area (Å²) in [6.45, 7) is 7.14. The van der Waals surface area contributed by atoms with Gasteiger partial charge in [0.1, 0.15) is 11.9 Å². The van der Waals surface area contributed by atoms with Crippen molar-refractivity contribution < 1.29 is 4.74 Å². The van der Waals surface area contributed by atoms with E-state index in [1.54, 1.807) is 0 Å². The number of hydrogen-bond acceptors (Lipinski definition) is 2. The highest BCUT2D eigenvalue weighted by atomic mass is 16.5. The van der Waals surface area contributed by atoms with Gasteiger partial charge in [0.25, 0.3) is 0 Å². The number of ether oxygens (including phenoxy) is 1. The Hall–Kier alpha value is -1.02. The van der Waals surface area contributed by atoms with Gasteiger partial charge in [0.15, 0.2) is 0 Å². The van der Waals surface area contributed by atoms with Gasteiger partial charge in [-0.25, -0.2) is 0 Å². The van der Waals surface area contributed by atoms with Crippen molar-refractivity contribution in [1.29, 1.82) is 0 Å². The van der Waals surface area contributed by atoms with E-state index in [1.165, 1.54) is 29.5 Å². The Morgan fingerprint density at radius 1 is 1.24 bits per heavy atom. The predicted molar refractivity (Wildman–Crippen MR) is 71.5 cm³/mol. The third-order valence-electron chi connectivity index (χ3n) is 3.93. The maximum atomic E-state index is 6.19. The molecule has 1 fully saturated rings. The van der Waals surface area contributed by atoms with Crippen LogP contribution in [0.4, 0.5) is 0 Å². The predicted octanol–water partition coefficient (Wildman–Crippen LogP) is 3.12. The van der Waals surface area contributed by atoms with Crippen LogP contribution >= 0.6 is 0 Å². The summed E-state index contributed by atoms with van der Waals surface area (Å²) in [4.78, 5) is 0. The summed E-state index contributed by atoms with van der Waals surface area (Å²) in [5, 5.41) is 0. The second-order valence-electron chi connectivity index (χ2n) is 5.29. The maximum absolute atomic E-state index is 6.19. The molecule has 2 nitrogen and oxygen atoms in total. The maximum Gasteiger partial charge on any atom is 0.123 e. The normalized spacial score (nSPS) is 24.0. The van der Waals surface area contributed by atoms with E-state index in [1.807, 2.05) is 0 Å². The highest BCUT2D eigenvalue weighted by Crippen LogP contribution is 2.31. The summed E-state index contributed by atoms with van der Waals surface area (Å²) in [6.07, 6.45) is 3.93. The number of rotatable bonds is 3. The van der Waals surface area contributed by atoms with Crippen LogP contribution in [0.5, 0.6) is 5.75 Å². The monoisotopic (exact) mass is 233 g/mol. The molecule has 0 aromatic heterocycles. The van der Waals surface area contributed by atoms with Gasteiger partial charge in [-0.1, -0.05) is 6.07 Å². The summed E-state index contributed by atoms with van der Waals surface area (Å²) < 4.78 is 6.19. The molecule has 1 aliphatic carbocycles. The molecule has 0 radical (unpaired) electrons. The molecule has 2 atom stereocenters. The minimum absolute atomic E-state index is 0.319. The van der Waals surface area contributed by atoms with E-state index in [4.69, 9.17) is 10.5 Å². The first kappa shape index (κ1) is 12.4. The fourth-order valence-electron chi connectivity index (χ4n) is 2.71. The van der Waals surface area contributed by atoms with Gasteiger partial charge in [-0.05, 0) is 69.3 Å². The van der Waals surface area contributed by atoms with Gasteiger partial charge in [-0.2, -0.15) is 0 Å². The van der Waals surface area contributed by atoms with Crippen LogP contribution in [0.3, 0.4) is 0 Å². The van der Waals surface area contributed by atoms with Crippen LogP contribution in [0.15, 0.2) is 12.1 Å². The molecule has 1 aromatic rings. The molecule has 0 saturated heterocycles. The van der Waals surface area contributed by atoms with E-state index in [9.17, 15) is 0 Å². The standard InChI is InChI=1S/C15H23NO/c1-10-7-11(2)12(3)15(8-10)17-14-6-4-5-13(14)9-16/h7-8,13-14H,4-6,9,16H2,1-3H3. The van der Waals surface area contributed by atoms with Crippen molar-refractivity contribution in [1.82, 2.24) is 0 Å². The summed E-state index contributed by atoms with van der Waals surface area (Å²) in [5.74, 6) is 1.59. The molecular weight excluding hydrogens is 210 g/mol. The number of hydrogen-bond donors (Lipinski definition) is 1. The van der Waals surface area contributed by atoms with Crippen molar-refractivity contribution in [2.45, 2.75) is 46.1 Å². The Morgan fingerprint density at radius 2 is 2.00 bits per heavy atom. The molecule has 17 heavy (non-hydrogen) atoms. The van der Waals surface area contributed by atoms with Crippen molar-refractivity contribution in [3.63, 3.8) is 0 Å². The van der Waals surface area contributed by atoms with Gasteiger partial charge < -0.3 is 10.5 Å². The molecule has 2 N–H and O–H groups in total. The molecule has 2 rings (SSSR count). The van der Waals surface area contributed by atoms with E-state index < -0.39 is 0 Å². The summed E-state index contributed by atoms with van der Waals surface area (Å²) >= 11 is 0. The highest BCUT2D eigenvalue weighted by Gasteiger charge is 2.28. The highest BCUT2D eigenvalue weighted by molar-refractivity contribution is 5.42. The van der Waals surface area contributed by atoms with Crippen molar-refractivity contribution in [2.75, 3.05) is 6.54 Å². The van der Waals surface area contributed by atoms with Crippen LogP contribution in [-0.2, 0) is 0 Å². The molecule has 0 heterocycles. The van der Waals surface area contributed by atoms with Crippen molar-refractivity contribution in [3.8, 4) is 5.75 Å². The lowest BCUT2D eigenvalue weighted by molar-refractivity contribution is 0.161. The van der Waals surface area contributed by atoms with Crippen LogP contribution in [0.25, 0.3) is 0 Å². The zero-order valence-corrected chi connectivity index (χ0v) is 11.1.